The Hall–Kier alpha value is -2.76. The highest BCUT2D eigenvalue weighted by molar-refractivity contribution is 6.07. The number of carbonyl (C=O) groups is 2. The van der Waals surface area contributed by atoms with E-state index in [9.17, 15) is 9.59 Å². The smallest absolute Gasteiger partial charge is 0.249 e. The van der Waals surface area contributed by atoms with E-state index in [0.717, 1.165) is 16.9 Å². The van der Waals surface area contributed by atoms with Crippen molar-refractivity contribution in [1.82, 2.24) is 5.32 Å². The quantitative estimate of drug-likeness (QED) is 0.906. The van der Waals surface area contributed by atoms with Crippen molar-refractivity contribution in [1.29, 1.82) is 0 Å². The molecule has 6 heteroatoms. The summed E-state index contributed by atoms with van der Waals surface area (Å²) in [5, 5.41) is 5.93. The third-order valence-corrected chi connectivity index (χ3v) is 3.79. The molecule has 0 spiro atoms. The van der Waals surface area contributed by atoms with Gasteiger partial charge in [0.1, 0.15) is 18.3 Å². The van der Waals surface area contributed by atoms with E-state index in [2.05, 4.69) is 10.6 Å². The Morgan fingerprint density at radius 2 is 2.22 bits per heavy atom. The van der Waals surface area contributed by atoms with E-state index in [1.807, 2.05) is 25.1 Å². The predicted octanol–water partition coefficient (Wildman–Crippen LogP) is 2.05. The van der Waals surface area contributed by atoms with Crippen LogP contribution in [-0.2, 0) is 16.1 Å². The Labute approximate surface area is 134 Å². The summed E-state index contributed by atoms with van der Waals surface area (Å²) in [6.07, 6.45) is 1.56. The number of nitrogens with one attached hydrogen (secondary N) is 2. The summed E-state index contributed by atoms with van der Waals surface area (Å²) in [4.78, 5) is 26.1. The lowest BCUT2D eigenvalue weighted by atomic mass is 10.1. The molecular formula is C17H19N3O3. The van der Waals surface area contributed by atoms with Gasteiger partial charge < -0.3 is 15.1 Å². The van der Waals surface area contributed by atoms with E-state index >= 15 is 0 Å². The van der Waals surface area contributed by atoms with Gasteiger partial charge in [-0.15, -0.1) is 0 Å². The molecule has 2 amide bonds. The highest BCUT2D eigenvalue weighted by atomic mass is 16.3. The number of aryl methyl sites for hydroxylation is 1. The van der Waals surface area contributed by atoms with Gasteiger partial charge in [0.15, 0.2) is 0 Å². The summed E-state index contributed by atoms with van der Waals surface area (Å²) in [5.41, 5.74) is 2.70. The summed E-state index contributed by atoms with van der Waals surface area (Å²) in [6.45, 7) is 4.08. The molecule has 0 fully saturated rings. The molecule has 1 aliphatic rings. The number of nitrogens with zero attached hydrogens (tertiary/aromatic N) is 1. The Morgan fingerprint density at radius 1 is 1.39 bits per heavy atom. The van der Waals surface area contributed by atoms with Crippen LogP contribution in [0.5, 0.6) is 0 Å². The van der Waals surface area contributed by atoms with Crippen LogP contribution in [0.15, 0.2) is 41.0 Å². The van der Waals surface area contributed by atoms with E-state index in [0.29, 0.717) is 12.3 Å². The van der Waals surface area contributed by atoms with E-state index in [-0.39, 0.29) is 24.4 Å². The van der Waals surface area contributed by atoms with Gasteiger partial charge in [0, 0.05) is 0 Å². The summed E-state index contributed by atoms with van der Waals surface area (Å²) < 4.78 is 5.18. The molecule has 3 rings (SSSR count). The minimum atomic E-state index is -0.359. The van der Waals surface area contributed by atoms with Crippen molar-refractivity contribution < 1.29 is 14.0 Å². The highest BCUT2D eigenvalue weighted by Crippen LogP contribution is 2.32. The number of furan rings is 1. The number of carbonyl (C=O) groups excluding carboxylic acids is 2. The van der Waals surface area contributed by atoms with Gasteiger partial charge in [-0.2, -0.15) is 0 Å². The molecule has 0 radical (unpaired) electrons. The first-order chi connectivity index (χ1) is 11.0. The second-order valence-corrected chi connectivity index (χ2v) is 5.67. The zero-order valence-corrected chi connectivity index (χ0v) is 13.1. The summed E-state index contributed by atoms with van der Waals surface area (Å²) in [5.74, 6) is 0.333. The Bertz CT molecular complexity index is 725. The van der Waals surface area contributed by atoms with E-state index < -0.39 is 0 Å². The summed E-state index contributed by atoms with van der Waals surface area (Å²) in [7, 11) is 0. The molecule has 2 aromatic rings. The van der Waals surface area contributed by atoms with Crippen molar-refractivity contribution in [2.24, 2.45) is 0 Å². The zero-order valence-electron chi connectivity index (χ0n) is 13.1. The van der Waals surface area contributed by atoms with Gasteiger partial charge in [0.25, 0.3) is 0 Å². The van der Waals surface area contributed by atoms with Crippen LogP contribution in [0.4, 0.5) is 11.4 Å². The van der Waals surface area contributed by atoms with Crippen LogP contribution in [0.2, 0.25) is 0 Å². The zero-order chi connectivity index (χ0) is 16.4. The molecule has 0 bridgehead atoms. The third kappa shape index (κ3) is 3.21. The number of rotatable bonds is 4. The molecule has 1 atom stereocenters. The number of hydrogen-bond donors (Lipinski definition) is 2. The van der Waals surface area contributed by atoms with Crippen LogP contribution in [0.3, 0.4) is 0 Å². The van der Waals surface area contributed by atoms with Gasteiger partial charge in [0.2, 0.25) is 11.8 Å². The molecular weight excluding hydrogens is 294 g/mol. The maximum Gasteiger partial charge on any atom is 0.249 e. The summed E-state index contributed by atoms with van der Waals surface area (Å²) in [6, 6.07) is 8.96. The van der Waals surface area contributed by atoms with Crippen LogP contribution in [0.1, 0.15) is 18.2 Å². The van der Waals surface area contributed by atoms with Crippen LogP contribution < -0.4 is 15.5 Å². The summed E-state index contributed by atoms with van der Waals surface area (Å²) >= 11 is 0. The third-order valence-electron chi connectivity index (χ3n) is 3.79. The molecule has 0 aliphatic carbocycles. The average Bonchev–Trinajstić information content (AvgIpc) is 3.03. The maximum absolute atomic E-state index is 12.4. The fourth-order valence-corrected chi connectivity index (χ4v) is 2.61. The molecule has 2 N–H and O–H groups in total. The van der Waals surface area contributed by atoms with Crippen LogP contribution in [0.25, 0.3) is 0 Å². The number of benzene rings is 1. The number of hydrogen-bond acceptors (Lipinski definition) is 4. The normalized spacial score (nSPS) is 16.7. The maximum atomic E-state index is 12.4. The van der Waals surface area contributed by atoms with Crippen LogP contribution in [-0.4, -0.2) is 24.4 Å². The van der Waals surface area contributed by atoms with Crippen molar-refractivity contribution >= 4 is 23.2 Å². The molecule has 2 heterocycles. The largest absolute Gasteiger partial charge is 0.467 e. The minimum absolute atomic E-state index is 0.0123. The molecule has 1 aromatic heterocycles. The predicted molar refractivity (Wildman–Crippen MR) is 87.2 cm³/mol. The molecule has 1 aliphatic heterocycles. The van der Waals surface area contributed by atoms with E-state index in [4.69, 9.17) is 4.42 Å². The molecule has 6 nitrogen and oxygen atoms in total. The van der Waals surface area contributed by atoms with Gasteiger partial charge in [-0.1, -0.05) is 6.07 Å². The number of fused-ring (bicyclic) bond motifs is 1. The number of anilines is 2. The lowest BCUT2D eigenvalue weighted by molar-refractivity contribution is -0.124. The van der Waals surface area contributed by atoms with E-state index in [1.54, 1.807) is 25.3 Å². The molecule has 23 heavy (non-hydrogen) atoms. The SMILES string of the molecule is Cc1ccc2c(c1)NC(C)C(=O)N2CC(=O)NCc1ccco1. The van der Waals surface area contributed by atoms with E-state index in [1.165, 1.54) is 4.90 Å². The molecule has 1 unspecified atom stereocenters. The fourth-order valence-electron chi connectivity index (χ4n) is 2.61. The Balaban J connectivity index is 1.73. The van der Waals surface area contributed by atoms with Crippen LogP contribution in [0, 0.1) is 6.92 Å². The van der Waals surface area contributed by atoms with Gasteiger partial charge in [0.05, 0.1) is 24.2 Å². The van der Waals surface area contributed by atoms with Crippen LogP contribution >= 0.6 is 0 Å². The Morgan fingerprint density at radius 3 is 2.96 bits per heavy atom. The Kier molecular flexibility index (Phi) is 4.06. The average molecular weight is 313 g/mol. The van der Waals surface area contributed by atoms with Gasteiger partial charge in [-0.25, -0.2) is 0 Å². The van der Waals surface area contributed by atoms with Gasteiger partial charge >= 0.3 is 0 Å². The topological polar surface area (TPSA) is 74.6 Å². The number of amides is 2. The second-order valence-electron chi connectivity index (χ2n) is 5.67. The highest BCUT2D eigenvalue weighted by Gasteiger charge is 2.30. The lowest BCUT2D eigenvalue weighted by Gasteiger charge is -2.33. The van der Waals surface area contributed by atoms with Gasteiger partial charge in [-0.05, 0) is 43.7 Å². The van der Waals surface area contributed by atoms with Gasteiger partial charge in [-0.3, -0.25) is 14.5 Å². The fraction of sp³-hybridized carbons (Fsp3) is 0.294. The first-order valence-electron chi connectivity index (χ1n) is 7.52. The first kappa shape index (κ1) is 15.1. The monoisotopic (exact) mass is 313 g/mol. The minimum Gasteiger partial charge on any atom is -0.467 e. The molecule has 120 valence electrons. The first-order valence-corrected chi connectivity index (χ1v) is 7.52. The molecule has 0 saturated carbocycles. The van der Waals surface area contributed by atoms with Crippen molar-refractivity contribution in [3.8, 4) is 0 Å². The molecule has 1 aromatic carbocycles. The van der Waals surface area contributed by atoms with Crippen molar-refractivity contribution in [2.45, 2.75) is 26.4 Å². The second kappa shape index (κ2) is 6.16. The standard InChI is InChI=1S/C17H19N3O3/c1-11-5-6-15-14(8-11)19-12(2)17(22)20(15)10-16(21)18-9-13-4-3-7-23-13/h3-8,12,19H,9-10H2,1-2H3,(H,18,21). The van der Waals surface area contributed by atoms with Crippen molar-refractivity contribution in [3.63, 3.8) is 0 Å². The van der Waals surface area contributed by atoms with Crippen molar-refractivity contribution in [3.05, 3.63) is 47.9 Å². The van der Waals surface area contributed by atoms with Crippen molar-refractivity contribution in [2.75, 3.05) is 16.8 Å². The molecule has 0 saturated heterocycles. The lowest BCUT2D eigenvalue weighted by Crippen LogP contribution is -2.49.